The molecule has 0 aliphatic carbocycles. The molecule has 6 aromatic carbocycles. The maximum Gasteiger partial charge on any atom is 0.244 e. The van der Waals surface area contributed by atoms with Gasteiger partial charge in [0, 0.05) is 66.7 Å². The number of aromatic nitrogens is 12. The number of nitrogens with one attached hydrogen (secondary N) is 2. The molecule has 0 saturated carbocycles. The van der Waals surface area contributed by atoms with E-state index < -0.39 is 0 Å². The molecule has 24 heteroatoms. The van der Waals surface area contributed by atoms with Gasteiger partial charge in [-0.3, -0.25) is 14.4 Å². The third-order valence-corrected chi connectivity index (χ3v) is 15.8. The molecule has 1 aliphatic heterocycles. The predicted molar refractivity (Wildman–Crippen MR) is 354 cm³/mol. The zero-order chi connectivity index (χ0) is 64.1. The van der Waals surface area contributed by atoms with E-state index in [-0.39, 0.29) is 43.2 Å². The Morgan fingerprint density at radius 3 is 1.17 bits per heavy atom. The first-order valence-corrected chi connectivity index (χ1v) is 30.7. The number of hydrogen-bond acceptors (Lipinski definition) is 14. The normalized spacial score (nSPS) is 12.2. The van der Waals surface area contributed by atoms with Crippen molar-refractivity contribution >= 4 is 85.6 Å². The lowest BCUT2D eigenvalue weighted by atomic mass is 10.1. The van der Waals surface area contributed by atoms with Crippen molar-refractivity contribution in [3.8, 4) is 67.5 Å². The van der Waals surface area contributed by atoms with Crippen LogP contribution >= 0.6 is 34.8 Å². The minimum atomic E-state index is -0.351. The molecule has 7 heterocycles. The minimum absolute atomic E-state index is 0.00272. The first kappa shape index (κ1) is 63.7. The van der Waals surface area contributed by atoms with Crippen LogP contribution < -0.4 is 10.6 Å². The Labute approximate surface area is 543 Å². The number of rotatable bonds is 17. The molecule has 1 aliphatic rings. The van der Waals surface area contributed by atoms with Crippen molar-refractivity contribution in [2.24, 2.45) is 5.92 Å². The smallest absolute Gasteiger partial charge is 0.244 e. The number of halogens is 4. The minimum Gasteiger partial charge on any atom is -0.383 e. The summed E-state index contributed by atoms with van der Waals surface area (Å²) in [6.45, 7) is 7.70. The van der Waals surface area contributed by atoms with E-state index in [0.29, 0.717) is 140 Å². The fourth-order valence-corrected chi connectivity index (χ4v) is 11.1. The van der Waals surface area contributed by atoms with Crippen molar-refractivity contribution in [3.05, 3.63) is 197 Å². The van der Waals surface area contributed by atoms with Crippen molar-refractivity contribution in [1.29, 1.82) is 0 Å². The molecule has 0 atom stereocenters. The van der Waals surface area contributed by atoms with Crippen molar-refractivity contribution in [3.63, 3.8) is 0 Å². The fourth-order valence-electron chi connectivity index (χ4n) is 10.2. The van der Waals surface area contributed by atoms with Gasteiger partial charge in [0.1, 0.15) is 59.6 Å². The molecule has 92 heavy (non-hydrogen) atoms. The van der Waals surface area contributed by atoms with Gasteiger partial charge < -0.3 is 25.0 Å². The van der Waals surface area contributed by atoms with Gasteiger partial charge in [0.2, 0.25) is 17.7 Å². The van der Waals surface area contributed by atoms with E-state index >= 15 is 0 Å². The number of benzene rings is 6. The van der Waals surface area contributed by atoms with Gasteiger partial charge in [-0.25, -0.2) is 18.4 Å². The number of carbonyl (C=O) groups is 3. The Balaban J connectivity index is 0.000000141. The third-order valence-electron chi connectivity index (χ3n) is 14.7. The van der Waals surface area contributed by atoms with Crippen molar-refractivity contribution in [2.45, 2.75) is 33.5 Å². The number of amides is 3. The van der Waals surface area contributed by atoms with Gasteiger partial charge in [-0.1, -0.05) is 200 Å². The second-order valence-electron chi connectivity index (χ2n) is 21.6. The maximum atomic E-state index is 13.5. The summed E-state index contributed by atoms with van der Waals surface area (Å²) < 4.78 is 28.4. The van der Waals surface area contributed by atoms with Crippen molar-refractivity contribution in [1.82, 2.24) is 75.5 Å². The molecule has 6 aromatic heterocycles. The molecular formula is C68H61Cl3FN15O5. The van der Waals surface area contributed by atoms with Crippen LogP contribution in [-0.2, 0) is 43.5 Å². The molecule has 466 valence electrons. The van der Waals surface area contributed by atoms with E-state index in [1.165, 1.54) is 21.5 Å². The van der Waals surface area contributed by atoms with E-state index in [2.05, 4.69) is 51.4 Å². The Morgan fingerprint density at radius 1 is 0.478 bits per heavy atom. The van der Waals surface area contributed by atoms with Gasteiger partial charge in [0.25, 0.3) is 0 Å². The predicted octanol–water partition coefficient (Wildman–Crippen LogP) is 12.0. The van der Waals surface area contributed by atoms with Gasteiger partial charge in [-0.05, 0) is 30.2 Å². The van der Waals surface area contributed by atoms with Crippen LogP contribution in [0.3, 0.4) is 0 Å². The number of hydrogen-bond donors (Lipinski definition) is 2. The summed E-state index contributed by atoms with van der Waals surface area (Å²) in [4.78, 5) is 39.4. The summed E-state index contributed by atoms with van der Waals surface area (Å²) in [6, 6.07) is 54.2. The molecule has 13 rings (SSSR count). The molecular weight excluding hydrogens is 1230 g/mol. The molecule has 0 unspecified atom stereocenters. The van der Waals surface area contributed by atoms with Gasteiger partial charge >= 0.3 is 0 Å². The quantitative estimate of drug-likeness (QED) is 0.0809. The van der Waals surface area contributed by atoms with Crippen LogP contribution in [0.4, 0.5) is 4.39 Å². The van der Waals surface area contributed by atoms with E-state index in [1.807, 2.05) is 166 Å². The fraction of sp³-hybridized carbons (Fsp3) is 0.206. The lowest BCUT2D eigenvalue weighted by Crippen LogP contribution is -2.42. The summed E-state index contributed by atoms with van der Waals surface area (Å²) in [7, 11) is 1.58. The SMILES string of the molecule is CC(C)CNC(=O)Cn1nc(-c2ccccc2)c2c(Cl)c(-c3ccccc3)nnc21.COCCNC(=O)Cn1nc(-c2ccccc2)c2c(Cl)c(-c3ccccc3)nnc21.O=C(Cn1nc(-c2ccc(F)cc2)c2c(Cl)c(-c3ccccc3)nnc21)N1CCOCC1. The first-order valence-electron chi connectivity index (χ1n) is 29.5. The zero-order valence-electron chi connectivity index (χ0n) is 50.3. The third kappa shape index (κ3) is 14.6. The summed E-state index contributed by atoms with van der Waals surface area (Å²) >= 11 is 20.5. The second kappa shape index (κ2) is 29.8. The van der Waals surface area contributed by atoms with Crippen LogP contribution in [-0.4, -0.2) is 136 Å². The Hall–Kier alpha value is -9.90. The van der Waals surface area contributed by atoms with Gasteiger partial charge in [-0.15, -0.1) is 30.6 Å². The van der Waals surface area contributed by atoms with Crippen molar-refractivity contribution < 1.29 is 28.2 Å². The summed E-state index contributed by atoms with van der Waals surface area (Å²) in [5.41, 5.74) is 9.89. The molecule has 1 fully saturated rings. The number of morpholine rings is 1. The highest BCUT2D eigenvalue weighted by Gasteiger charge is 2.27. The molecule has 20 nitrogen and oxygen atoms in total. The van der Waals surface area contributed by atoms with E-state index in [1.54, 1.807) is 28.8 Å². The Kier molecular flexibility index (Phi) is 20.6. The number of nitrogens with zero attached hydrogens (tertiary/aromatic N) is 13. The van der Waals surface area contributed by atoms with E-state index in [0.717, 1.165) is 27.8 Å². The number of methoxy groups -OCH3 is 1. The van der Waals surface area contributed by atoms with E-state index in [4.69, 9.17) is 49.4 Å². The van der Waals surface area contributed by atoms with Crippen molar-refractivity contribution in [2.75, 3.05) is 53.1 Å². The summed E-state index contributed by atoms with van der Waals surface area (Å²) in [5.74, 6) is -0.394. The topological polar surface area (TPSA) is 228 Å². The van der Waals surface area contributed by atoms with Crippen LogP contribution in [0.1, 0.15) is 13.8 Å². The largest absolute Gasteiger partial charge is 0.383 e. The summed E-state index contributed by atoms with van der Waals surface area (Å²) in [6.07, 6.45) is 0. The highest BCUT2D eigenvalue weighted by atomic mass is 35.5. The maximum absolute atomic E-state index is 13.5. The second-order valence-corrected chi connectivity index (χ2v) is 22.7. The van der Waals surface area contributed by atoms with E-state index in [9.17, 15) is 18.8 Å². The molecule has 12 aromatic rings. The Morgan fingerprint density at radius 2 is 0.815 bits per heavy atom. The highest BCUT2D eigenvalue weighted by Crippen LogP contribution is 2.40. The monoisotopic (exact) mass is 1290 g/mol. The van der Waals surface area contributed by atoms with Crippen LogP contribution in [0.2, 0.25) is 15.1 Å². The van der Waals surface area contributed by atoms with Crippen LogP contribution in [0, 0.1) is 11.7 Å². The lowest BCUT2D eigenvalue weighted by molar-refractivity contribution is -0.136. The van der Waals surface area contributed by atoms with Gasteiger partial charge in [-0.2, -0.15) is 15.3 Å². The molecule has 3 amide bonds. The average molecular weight is 1290 g/mol. The number of carbonyl (C=O) groups excluding carboxylic acids is 3. The number of ether oxygens (including phenoxy) is 2. The van der Waals surface area contributed by atoms with Crippen LogP contribution in [0.25, 0.3) is 101 Å². The van der Waals surface area contributed by atoms with Crippen LogP contribution in [0.5, 0.6) is 0 Å². The summed E-state index contributed by atoms with van der Waals surface area (Å²) in [5, 5.41) is 49.1. The molecule has 0 radical (unpaired) electrons. The Bertz CT molecular complexity index is 4520. The first-order chi connectivity index (χ1) is 44.8. The van der Waals surface area contributed by atoms with Crippen LogP contribution in [0.15, 0.2) is 176 Å². The average Bonchev–Trinajstić information content (AvgIpc) is 1.61. The van der Waals surface area contributed by atoms with Gasteiger partial charge in [0.05, 0.1) is 51.0 Å². The highest BCUT2D eigenvalue weighted by molar-refractivity contribution is 6.40. The lowest BCUT2D eigenvalue weighted by Gasteiger charge is -2.26. The molecule has 2 N–H and O–H groups in total. The molecule has 0 bridgehead atoms. The number of fused-ring (bicyclic) bond motifs is 3. The zero-order valence-corrected chi connectivity index (χ0v) is 52.5. The molecule has 1 saturated heterocycles. The van der Waals surface area contributed by atoms with Gasteiger partial charge in [0.15, 0.2) is 16.9 Å². The standard InChI is InChI=1S/C23H19ClFN5O2.C23H22ClN5O.C22H20ClN5O2/c24-20-19-21(16-6-8-17(25)9-7-16)28-30(14-18(31)29-10-12-32-13-11-29)23(19)27-26-22(20)15-4-2-1-3-5-15;1-15(2)13-25-18(30)14-29-23-19(21(28-29)16-9-5-3-6-10-16)20(24)22(26-27-23)17-11-7-4-8-12-17;1-30-13-12-24-17(29)14-28-22-18(20(27-28)15-8-4-2-5-9-15)19(23)21(25-26-22)16-10-6-3-7-11-16/h1-9H,10-14H2;3-12,15H,13-14H2,1-2H3,(H,25,30);2-11H,12-14H2,1H3,(H,24,29). The molecule has 0 spiro atoms.